The van der Waals surface area contributed by atoms with Gasteiger partial charge < -0.3 is 10.1 Å². The van der Waals surface area contributed by atoms with E-state index in [9.17, 15) is 0 Å². The zero-order valence-electron chi connectivity index (χ0n) is 9.76. The second kappa shape index (κ2) is 3.86. The smallest absolute Gasteiger partial charge is 0.120 e. The Morgan fingerprint density at radius 2 is 2.00 bits per heavy atom. The van der Waals surface area contributed by atoms with Crippen molar-refractivity contribution in [2.75, 3.05) is 6.54 Å². The van der Waals surface area contributed by atoms with Crippen LogP contribution in [0.15, 0.2) is 18.2 Å². The lowest BCUT2D eigenvalue weighted by molar-refractivity contribution is 0.130. The summed E-state index contributed by atoms with van der Waals surface area (Å²) in [5, 5.41) is 3.37. The molecule has 2 heteroatoms. The van der Waals surface area contributed by atoms with Gasteiger partial charge in [0, 0.05) is 6.54 Å². The van der Waals surface area contributed by atoms with Crippen molar-refractivity contribution in [3.05, 3.63) is 29.3 Å². The van der Waals surface area contributed by atoms with Gasteiger partial charge in [0.15, 0.2) is 0 Å². The summed E-state index contributed by atoms with van der Waals surface area (Å²) < 4.78 is 5.85. The van der Waals surface area contributed by atoms with E-state index in [4.69, 9.17) is 4.74 Å². The van der Waals surface area contributed by atoms with Crippen LogP contribution < -0.4 is 10.1 Å². The Labute approximate surface area is 91.6 Å². The Morgan fingerprint density at radius 3 is 2.73 bits per heavy atom. The van der Waals surface area contributed by atoms with Gasteiger partial charge in [0.1, 0.15) is 11.4 Å². The molecule has 2 rings (SSSR count). The molecule has 0 aromatic heterocycles. The third kappa shape index (κ3) is 2.72. The van der Waals surface area contributed by atoms with Crippen molar-refractivity contribution >= 4 is 0 Å². The Kier molecular flexibility index (Phi) is 2.70. The Hall–Kier alpha value is -1.02. The lowest BCUT2D eigenvalue weighted by atomic mass is 10.0. The molecule has 0 amide bonds. The maximum absolute atomic E-state index is 5.85. The third-order valence-electron chi connectivity index (χ3n) is 2.49. The van der Waals surface area contributed by atoms with Crippen LogP contribution in [0.2, 0.25) is 0 Å². The molecule has 0 saturated heterocycles. The SMILES string of the molecule is CC(C)(C)Oc1ccc2c(c1)CCNC2. The van der Waals surface area contributed by atoms with E-state index in [1.807, 2.05) is 0 Å². The molecule has 1 aliphatic rings. The highest BCUT2D eigenvalue weighted by atomic mass is 16.5. The molecule has 1 aromatic rings. The van der Waals surface area contributed by atoms with Gasteiger partial charge in [-0.2, -0.15) is 0 Å². The van der Waals surface area contributed by atoms with E-state index in [1.54, 1.807) is 0 Å². The lowest BCUT2D eigenvalue weighted by Crippen LogP contribution is -2.25. The molecule has 15 heavy (non-hydrogen) atoms. The molecule has 1 N–H and O–H groups in total. The highest BCUT2D eigenvalue weighted by Gasteiger charge is 2.14. The number of benzene rings is 1. The van der Waals surface area contributed by atoms with Gasteiger partial charge in [-0.3, -0.25) is 0 Å². The monoisotopic (exact) mass is 205 g/mol. The minimum atomic E-state index is -0.110. The standard InChI is InChI=1S/C13H19NO/c1-13(2,3)15-12-5-4-11-9-14-7-6-10(11)8-12/h4-5,8,14H,6-7,9H2,1-3H3. The predicted molar refractivity (Wildman–Crippen MR) is 62.2 cm³/mol. The van der Waals surface area contributed by atoms with Crippen LogP contribution in [0.1, 0.15) is 31.9 Å². The molecule has 0 saturated carbocycles. The molecule has 1 heterocycles. The first-order valence-electron chi connectivity index (χ1n) is 5.56. The molecule has 0 aliphatic carbocycles. The van der Waals surface area contributed by atoms with Gasteiger partial charge in [-0.25, -0.2) is 0 Å². The summed E-state index contributed by atoms with van der Waals surface area (Å²) in [6, 6.07) is 6.42. The second-order valence-corrected chi connectivity index (χ2v) is 5.07. The van der Waals surface area contributed by atoms with Crippen molar-refractivity contribution in [1.82, 2.24) is 5.32 Å². The summed E-state index contributed by atoms with van der Waals surface area (Å²) in [5.41, 5.74) is 2.72. The topological polar surface area (TPSA) is 21.3 Å². The molecular weight excluding hydrogens is 186 g/mol. The normalized spacial score (nSPS) is 15.9. The maximum Gasteiger partial charge on any atom is 0.120 e. The highest BCUT2D eigenvalue weighted by molar-refractivity contribution is 5.37. The first kappa shape index (κ1) is 10.5. The quantitative estimate of drug-likeness (QED) is 0.760. The van der Waals surface area contributed by atoms with Crippen molar-refractivity contribution in [2.24, 2.45) is 0 Å². The molecule has 0 atom stereocenters. The van der Waals surface area contributed by atoms with E-state index in [1.165, 1.54) is 11.1 Å². The van der Waals surface area contributed by atoms with Crippen molar-refractivity contribution in [3.63, 3.8) is 0 Å². The number of rotatable bonds is 1. The van der Waals surface area contributed by atoms with Crippen LogP contribution in [-0.4, -0.2) is 12.1 Å². The molecule has 0 spiro atoms. The minimum Gasteiger partial charge on any atom is -0.488 e. The molecule has 82 valence electrons. The van der Waals surface area contributed by atoms with Crippen LogP contribution in [0, 0.1) is 0 Å². The predicted octanol–water partition coefficient (Wildman–Crippen LogP) is 2.51. The summed E-state index contributed by atoms with van der Waals surface area (Å²) >= 11 is 0. The van der Waals surface area contributed by atoms with E-state index in [0.717, 1.165) is 25.3 Å². The van der Waals surface area contributed by atoms with Crippen LogP contribution in [0.25, 0.3) is 0 Å². The van der Waals surface area contributed by atoms with Gasteiger partial charge in [0.05, 0.1) is 0 Å². The lowest BCUT2D eigenvalue weighted by Gasteiger charge is -2.23. The summed E-state index contributed by atoms with van der Waals surface area (Å²) in [5.74, 6) is 0.989. The van der Waals surface area contributed by atoms with Gasteiger partial charge in [-0.05, 0) is 57.0 Å². The highest BCUT2D eigenvalue weighted by Crippen LogP contribution is 2.23. The average Bonchev–Trinajstić information content (AvgIpc) is 2.15. The summed E-state index contributed by atoms with van der Waals surface area (Å²) in [6.07, 6.45) is 1.11. The summed E-state index contributed by atoms with van der Waals surface area (Å²) in [7, 11) is 0. The van der Waals surface area contributed by atoms with E-state index in [2.05, 4.69) is 44.3 Å². The Morgan fingerprint density at radius 1 is 1.20 bits per heavy atom. The van der Waals surface area contributed by atoms with Gasteiger partial charge in [0.2, 0.25) is 0 Å². The Balaban J connectivity index is 2.21. The maximum atomic E-state index is 5.85. The molecular formula is C13H19NO. The first-order valence-corrected chi connectivity index (χ1v) is 5.56. The molecule has 1 aromatic carbocycles. The summed E-state index contributed by atoms with van der Waals surface area (Å²) in [6.45, 7) is 8.30. The molecule has 2 nitrogen and oxygen atoms in total. The zero-order chi connectivity index (χ0) is 10.9. The molecule has 0 fully saturated rings. The molecule has 1 aliphatic heterocycles. The van der Waals surface area contributed by atoms with E-state index >= 15 is 0 Å². The number of hydrogen-bond acceptors (Lipinski definition) is 2. The van der Waals surface area contributed by atoms with Crippen molar-refractivity contribution in [2.45, 2.75) is 39.3 Å². The van der Waals surface area contributed by atoms with Crippen LogP contribution in [-0.2, 0) is 13.0 Å². The number of ether oxygens (including phenoxy) is 1. The van der Waals surface area contributed by atoms with E-state index < -0.39 is 0 Å². The van der Waals surface area contributed by atoms with Crippen molar-refractivity contribution < 1.29 is 4.74 Å². The molecule has 0 unspecified atom stereocenters. The van der Waals surface area contributed by atoms with Crippen molar-refractivity contribution in [3.8, 4) is 5.75 Å². The van der Waals surface area contributed by atoms with E-state index in [-0.39, 0.29) is 5.60 Å². The fourth-order valence-electron chi connectivity index (χ4n) is 1.87. The average molecular weight is 205 g/mol. The van der Waals surface area contributed by atoms with Crippen LogP contribution >= 0.6 is 0 Å². The number of fused-ring (bicyclic) bond motifs is 1. The Bertz CT molecular complexity index is 352. The number of nitrogens with one attached hydrogen (secondary N) is 1. The summed E-state index contributed by atoms with van der Waals surface area (Å²) in [4.78, 5) is 0. The minimum absolute atomic E-state index is 0.110. The number of hydrogen-bond donors (Lipinski definition) is 1. The van der Waals surface area contributed by atoms with Gasteiger partial charge in [0.25, 0.3) is 0 Å². The molecule has 0 bridgehead atoms. The van der Waals surface area contributed by atoms with Crippen molar-refractivity contribution in [1.29, 1.82) is 0 Å². The third-order valence-corrected chi connectivity index (χ3v) is 2.49. The largest absolute Gasteiger partial charge is 0.488 e. The van der Waals surface area contributed by atoms with Crippen LogP contribution in [0.5, 0.6) is 5.75 Å². The zero-order valence-corrected chi connectivity index (χ0v) is 9.76. The van der Waals surface area contributed by atoms with Crippen LogP contribution in [0.4, 0.5) is 0 Å². The molecule has 0 radical (unpaired) electrons. The first-order chi connectivity index (χ1) is 7.04. The fourth-order valence-corrected chi connectivity index (χ4v) is 1.87. The van der Waals surface area contributed by atoms with Gasteiger partial charge >= 0.3 is 0 Å². The second-order valence-electron chi connectivity index (χ2n) is 5.07. The van der Waals surface area contributed by atoms with E-state index in [0.29, 0.717) is 0 Å². The van der Waals surface area contributed by atoms with Gasteiger partial charge in [-0.1, -0.05) is 6.07 Å². The fraction of sp³-hybridized carbons (Fsp3) is 0.538. The van der Waals surface area contributed by atoms with Gasteiger partial charge in [-0.15, -0.1) is 0 Å². The van der Waals surface area contributed by atoms with Crippen LogP contribution in [0.3, 0.4) is 0 Å².